The molecule has 0 aliphatic heterocycles. The van der Waals surface area contributed by atoms with Gasteiger partial charge in [-0.2, -0.15) is 9.83 Å². The molecule has 0 amide bonds. The fraction of sp³-hybridized carbons (Fsp3) is 0.133. The Balaban J connectivity index is 0.00000361. The van der Waals surface area contributed by atoms with Crippen LogP contribution in [-0.4, -0.2) is 13.6 Å². The van der Waals surface area contributed by atoms with Crippen molar-refractivity contribution < 1.29 is 28.5 Å². The van der Waals surface area contributed by atoms with E-state index in [0.717, 1.165) is 43.7 Å². The number of nitrogens with zero attached hydrogens (tertiary/aromatic N) is 3. The topological polar surface area (TPSA) is 30.9 Å². The van der Waals surface area contributed by atoms with Crippen LogP contribution in [0.5, 0.6) is 0 Å². The zero-order valence-corrected chi connectivity index (χ0v) is 25.5. The minimum Gasteiger partial charge on any atom is -1.00 e. The van der Waals surface area contributed by atoms with Gasteiger partial charge in [0.05, 0.1) is 12.5 Å². The Morgan fingerprint density at radius 2 is 1.39 bits per heavy atom. The SMILES string of the molecule is CN(CCC#N)c1ccc(C=Cc2cc(-c3ccc(Br)cc3)cc(-c3ccc(Br)cc3)[n+]2C)cc1.[I-]. The van der Waals surface area contributed by atoms with Gasteiger partial charge in [-0.25, -0.2) is 0 Å². The summed E-state index contributed by atoms with van der Waals surface area (Å²) in [6.07, 6.45) is 4.83. The van der Waals surface area contributed by atoms with Gasteiger partial charge in [0, 0.05) is 52.0 Å². The van der Waals surface area contributed by atoms with E-state index in [2.05, 4.69) is 152 Å². The maximum absolute atomic E-state index is 8.82. The van der Waals surface area contributed by atoms with Crippen molar-refractivity contribution in [3.8, 4) is 28.5 Å². The van der Waals surface area contributed by atoms with Crippen LogP contribution in [0.4, 0.5) is 5.69 Å². The van der Waals surface area contributed by atoms with E-state index in [0.29, 0.717) is 6.42 Å². The van der Waals surface area contributed by atoms with Crippen molar-refractivity contribution in [1.82, 2.24) is 0 Å². The predicted octanol–water partition coefficient (Wildman–Crippen LogP) is 4.89. The van der Waals surface area contributed by atoms with Gasteiger partial charge in [0.2, 0.25) is 11.4 Å². The standard InChI is InChI=1S/C30H26Br2N3.HI/c1-34(19-3-18-33)28-15-4-22(5-16-28)6-17-29-20-25(23-7-11-26(31)12-8-23)21-30(35(29)2)24-9-13-27(32)14-10-24;/h4-17,20-21H,3,19H2,1-2H3;1H/q+1;/p-1. The highest BCUT2D eigenvalue weighted by molar-refractivity contribution is 9.10. The Bertz CT molecular complexity index is 1370. The van der Waals surface area contributed by atoms with Crippen LogP contribution in [0.1, 0.15) is 17.7 Å². The summed E-state index contributed by atoms with van der Waals surface area (Å²) in [6.45, 7) is 0.725. The summed E-state index contributed by atoms with van der Waals surface area (Å²) >= 11 is 7.09. The highest BCUT2D eigenvalue weighted by Gasteiger charge is 2.17. The third-order valence-corrected chi connectivity index (χ3v) is 7.06. The molecule has 1 heterocycles. The number of halogens is 3. The normalized spacial score (nSPS) is 10.6. The fourth-order valence-electron chi connectivity index (χ4n) is 3.92. The first-order chi connectivity index (χ1) is 16.9. The third-order valence-electron chi connectivity index (χ3n) is 6.00. The zero-order chi connectivity index (χ0) is 24.8. The van der Waals surface area contributed by atoms with Crippen LogP contribution in [0.3, 0.4) is 0 Å². The van der Waals surface area contributed by atoms with Crippen LogP contribution in [0.2, 0.25) is 0 Å². The van der Waals surface area contributed by atoms with Gasteiger partial charge in [0.15, 0.2) is 0 Å². The molecule has 0 N–H and O–H groups in total. The van der Waals surface area contributed by atoms with Crippen molar-refractivity contribution >= 4 is 49.7 Å². The predicted molar refractivity (Wildman–Crippen MR) is 153 cm³/mol. The zero-order valence-electron chi connectivity index (χ0n) is 20.1. The van der Waals surface area contributed by atoms with E-state index in [1.165, 1.54) is 11.1 Å². The summed E-state index contributed by atoms with van der Waals surface area (Å²) < 4.78 is 4.36. The molecule has 3 nitrogen and oxygen atoms in total. The van der Waals surface area contributed by atoms with E-state index in [1.807, 2.05) is 7.05 Å². The summed E-state index contributed by atoms with van der Waals surface area (Å²) in [5, 5.41) is 8.82. The first-order valence-electron chi connectivity index (χ1n) is 11.4. The van der Waals surface area contributed by atoms with Crippen molar-refractivity contribution in [2.75, 3.05) is 18.5 Å². The molecule has 3 aromatic carbocycles. The first kappa shape index (κ1) is 28.1. The summed E-state index contributed by atoms with van der Waals surface area (Å²) in [6, 6.07) is 32.0. The molecule has 0 spiro atoms. The van der Waals surface area contributed by atoms with Crippen molar-refractivity contribution in [2.45, 2.75) is 6.42 Å². The molecule has 0 bridgehead atoms. The fourth-order valence-corrected chi connectivity index (χ4v) is 4.44. The van der Waals surface area contributed by atoms with Crippen LogP contribution in [0, 0.1) is 11.3 Å². The van der Waals surface area contributed by atoms with E-state index >= 15 is 0 Å². The van der Waals surface area contributed by atoms with Gasteiger partial charge < -0.3 is 28.9 Å². The second-order valence-corrected chi connectivity index (χ2v) is 10.2. The van der Waals surface area contributed by atoms with Crippen molar-refractivity contribution in [3.63, 3.8) is 0 Å². The highest BCUT2D eigenvalue weighted by atomic mass is 127. The third kappa shape index (κ3) is 7.06. The smallest absolute Gasteiger partial charge is 0.213 e. The molecule has 182 valence electrons. The quantitative estimate of drug-likeness (QED) is 0.202. The molecular formula is C30H26Br2IN3. The Labute approximate surface area is 247 Å². The number of rotatable bonds is 7. The average molecular weight is 715 g/mol. The van der Waals surface area contributed by atoms with E-state index in [-0.39, 0.29) is 24.0 Å². The monoisotopic (exact) mass is 713 g/mol. The van der Waals surface area contributed by atoms with Gasteiger partial charge in [0.1, 0.15) is 7.05 Å². The van der Waals surface area contributed by atoms with E-state index in [1.54, 1.807) is 0 Å². The lowest BCUT2D eigenvalue weighted by atomic mass is 10.0. The molecule has 1 aromatic heterocycles. The molecule has 0 aliphatic rings. The van der Waals surface area contributed by atoms with Gasteiger partial charge in [-0.05, 0) is 71.3 Å². The molecule has 0 aliphatic carbocycles. The number of anilines is 1. The molecule has 0 saturated heterocycles. The Hall–Kier alpha value is -2.47. The lowest BCUT2D eigenvalue weighted by Gasteiger charge is -2.17. The second kappa shape index (κ2) is 13.2. The molecule has 0 radical (unpaired) electrons. The van der Waals surface area contributed by atoms with Crippen LogP contribution >= 0.6 is 31.9 Å². The van der Waals surface area contributed by atoms with Crippen molar-refractivity contribution in [1.29, 1.82) is 5.26 Å². The molecule has 6 heteroatoms. The summed E-state index contributed by atoms with van der Waals surface area (Å²) in [5.41, 5.74) is 7.99. The Kier molecular flexibility index (Phi) is 10.3. The number of hydrogen-bond acceptors (Lipinski definition) is 2. The van der Waals surface area contributed by atoms with E-state index < -0.39 is 0 Å². The van der Waals surface area contributed by atoms with Crippen molar-refractivity contribution in [3.05, 3.63) is 105 Å². The second-order valence-electron chi connectivity index (χ2n) is 8.38. The lowest BCUT2D eigenvalue weighted by molar-refractivity contribution is -0.662. The molecule has 36 heavy (non-hydrogen) atoms. The van der Waals surface area contributed by atoms with E-state index in [4.69, 9.17) is 5.26 Å². The summed E-state index contributed by atoms with van der Waals surface area (Å²) in [5.74, 6) is 0. The Morgan fingerprint density at radius 1 is 0.806 bits per heavy atom. The number of hydrogen-bond donors (Lipinski definition) is 0. The van der Waals surface area contributed by atoms with Gasteiger partial charge >= 0.3 is 0 Å². The molecule has 0 atom stereocenters. The molecule has 0 unspecified atom stereocenters. The minimum atomic E-state index is 0. The highest BCUT2D eigenvalue weighted by Crippen LogP contribution is 2.28. The maximum Gasteiger partial charge on any atom is 0.213 e. The average Bonchev–Trinajstić information content (AvgIpc) is 2.88. The first-order valence-corrected chi connectivity index (χ1v) is 13.0. The van der Waals surface area contributed by atoms with Crippen LogP contribution in [0.25, 0.3) is 34.5 Å². The summed E-state index contributed by atoms with van der Waals surface area (Å²) in [4.78, 5) is 2.10. The van der Waals surface area contributed by atoms with Gasteiger partial charge in [-0.1, -0.05) is 56.1 Å². The molecule has 4 aromatic rings. The van der Waals surface area contributed by atoms with Gasteiger partial charge in [0.25, 0.3) is 0 Å². The number of benzene rings is 3. The number of aromatic nitrogens is 1. The minimum absolute atomic E-state index is 0. The van der Waals surface area contributed by atoms with Gasteiger partial charge in [-0.3, -0.25) is 0 Å². The molecular weight excluding hydrogens is 689 g/mol. The van der Waals surface area contributed by atoms with Crippen LogP contribution in [0.15, 0.2) is 93.9 Å². The largest absolute Gasteiger partial charge is 1.00 e. The van der Waals surface area contributed by atoms with Gasteiger partial charge in [-0.15, -0.1) is 0 Å². The maximum atomic E-state index is 8.82. The lowest BCUT2D eigenvalue weighted by Crippen LogP contribution is -3.00. The molecule has 0 saturated carbocycles. The van der Waals surface area contributed by atoms with Crippen molar-refractivity contribution in [2.24, 2.45) is 7.05 Å². The Morgan fingerprint density at radius 3 is 1.97 bits per heavy atom. The molecule has 4 rings (SSSR count). The molecule has 0 fully saturated rings. The number of pyridine rings is 1. The summed E-state index contributed by atoms with van der Waals surface area (Å²) in [7, 11) is 4.12. The van der Waals surface area contributed by atoms with Crippen LogP contribution in [-0.2, 0) is 7.05 Å². The van der Waals surface area contributed by atoms with Crippen LogP contribution < -0.4 is 33.4 Å². The number of nitriles is 1. The van der Waals surface area contributed by atoms with E-state index in [9.17, 15) is 0 Å².